The Kier molecular flexibility index (Phi) is 5.83. The molecule has 1 N–H and O–H groups in total. The van der Waals surface area contributed by atoms with Crippen LogP contribution in [0.1, 0.15) is 18.4 Å². The Bertz CT molecular complexity index is 1430. The summed E-state index contributed by atoms with van der Waals surface area (Å²) in [5.41, 5.74) is 1.86. The Labute approximate surface area is 204 Å². The molecule has 2 aromatic heterocycles. The number of hydrogen-bond acceptors (Lipinski definition) is 4. The quantitative estimate of drug-likeness (QED) is 0.375. The van der Waals surface area contributed by atoms with Gasteiger partial charge in [-0.1, -0.05) is 59.1 Å². The molecule has 2 aromatic carbocycles. The monoisotopic (exact) mass is 497 g/mol. The van der Waals surface area contributed by atoms with E-state index < -0.39 is 0 Å². The van der Waals surface area contributed by atoms with Gasteiger partial charge in [-0.05, 0) is 36.2 Å². The average Bonchev–Trinajstić information content (AvgIpc) is 3.20. The second kappa shape index (κ2) is 8.78. The van der Waals surface area contributed by atoms with Crippen molar-refractivity contribution in [3.63, 3.8) is 0 Å². The van der Waals surface area contributed by atoms with Gasteiger partial charge in [0.1, 0.15) is 11.6 Å². The molecule has 166 valence electrons. The number of aromatic nitrogens is 3. The van der Waals surface area contributed by atoms with E-state index in [9.17, 15) is 4.79 Å². The largest absolute Gasteiger partial charge is 0.356 e. The highest BCUT2D eigenvalue weighted by molar-refractivity contribution is 6.38. The maximum absolute atomic E-state index is 13.5. The molecule has 0 amide bonds. The molecule has 1 saturated heterocycles. The van der Waals surface area contributed by atoms with Crippen molar-refractivity contribution in [2.75, 3.05) is 6.54 Å². The molecule has 4 aromatic rings. The van der Waals surface area contributed by atoms with Crippen molar-refractivity contribution in [3.05, 3.63) is 85.7 Å². The lowest BCUT2D eigenvalue weighted by atomic mass is 10.1. The normalized spacial score (nSPS) is 13.8. The van der Waals surface area contributed by atoms with Crippen LogP contribution >= 0.6 is 34.8 Å². The zero-order valence-electron chi connectivity index (χ0n) is 17.4. The summed E-state index contributed by atoms with van der Waals surface area (Å²) < 4.78 is 1.44. The van der Waals surface area contributed by atoms with E-state index in [0.29, 0.717) is 50.0 Å². The standard InChI is InChI=1S/C24H18Cl3N5O/c25-16-7-8-21(29-12-16)32-23(30-22-18(24(32)33)10-17(26)11-19(22)27)15-5-3-14(4-6-15)13-31-9-1-2-20(31)28/h3-8,10-12,28H,1-2,9,13H2. The number of rotatable bonds is 4. The summed E-state index contributed by atoms with van der Waals surface area (Å²) in [6, 6.07) is 14.3. The number of likely N-dealkylation sites (tertiary alicyclic amines) is 1. The molecule has 1 fully saturated rings. The van der Waals surface area contributed by atoms with Crippen LogP contribution < -0.4 is 5.56 Å². The topological polar surface area (TPSA) is 74.9 Å². The van der Waals surface area contributed by atoms with E-state index in [-0.39, 0.29) is 5.56 Å². The Hall–Kier alpha value is -2.93. The molecule has 0 atom stereocenters. The first-order valence-electron chi connectivity index (χ1n) is 10.4. The Morgan fingerprint density at radius 2 is 1.79 bits per heavy atom. The number of benzene rings is 2. The minimum absolute atomic E-state index is 0.302. The van der Waals surface area contributed by atoms with Crippen molar-refractivity contribution in [2.24, 2.45) is 0 Å². The van der Waals surface area contributed by atoms with Crippen molar-refractivity contribution in [1.29, 1.82) is 5.41 Å². The number of pyridine rings is 1. The van der Waals surface area contributed by atoms with E-state index in [1.165, 1.54) is 10.8 Å². The molecule has 0 radical (unpaired) electrons. The fraction of sp³-hybridized carbons (Fsp3) is 0.167. The highest BCUT2D eigenvalue weighted by Gasteiger charge is 2.19. The van der Waals surface area contributed by atoms with Crippen LogP contribution in [-0.4, -0.2) is 31.8 Å². The summed E-state index contributed by atoms with van der Waals surface area (Å²) in [5, 5.41) is 9.47. The predicted molar refractivity (Wildman–Crippen MR) is 133 cm³/mol. The first kappa shape index (κ1) is 21.9. The molecule has 0 bridgehead atoms. The summed E-state index contributed by atoms with van der Waals surface area (Å²) in [6.45, 7) is 1.58. The average molecular weight is 499 g/mol. The van der Waals surface area contributed by atoms with E-state index in [1.54, 1.807) is 24.3 Å². The Balaban J connectivity index is 1.66. The van der Waals surface area contributed by atoms with Gasteiger partial charge in [0.2, 0.25) is 0 Å². The maximum Gasteiger partial charge on any atom is 0.267 e. The summed E-state index contributed by atoms with van der Waals surface area (Å²) in [7, 11) is 0. The third-order valence-corrected chi connectivity index (χ3v) is 6.37. The summed E-state index contributed by atoms with van der Waals surface area (Å²) in [5.74, 6) is 1.47. The molecule has 1 aliphatic heterocycles. The van der Waals surface area contributed by atoms with Gasteiger partial charge >= 0.3 is 0 Å². The number of nitrogens with one attached hydrogen (secondary N) is 1. The van der Waals surface area contributed by atoms with Crippen LogP contribution in [-0.2, 0) is 6.54 Å². The smallest absolute Gasteiger partial charge is 0.267 e. The number of fused-ring (bicyclic) bond motifs is 1. The van der Waals surface area contributed by atoms with Crippen LogP contribution in [0.2, 0.25) is 15.1 Å². The van der Waals surface area contributed by atoms with Crippen LogP contribution in [0.25, 0.3) is 28.1 Å². The molecule has 33 heavy (non-hydrogen) atoms. The fourth-order valence-corrected chi connectivity index (χ4v) is 4.65. The van der Waals surface area contributed by atoms with Gasteiger partial charge in [0.25, 0.3) is 5.56 Å². The van der Waals surface area contributed by atoms with Crippen molar-refractivity contribution in [2.45, 2.75) is 19.4 Å². The van der Waals surface area contributed by atoms with E-state index in [4.69, 9.17) is 45.2 Å². The maximum atomic E-state index is 13.5. The molecule has 0 spiro atoms. The molecule has 1 aliphatic rings. The first-order valence-corrected chi connectivity index (χ1v) is 11.5. The molecule has 5 rings (SSSR count). The van der Waals surface area contributed by atoms with Gasteiger partial charge in [0.05, 0.1) is 26.8 Å². The van der Waals surface area contributed by atoms with Crippen molar-refractivity contribution >= 4 is 51.5 Å². The van der Waals surface area contributed by atoms with Crippen molar-refractivity contribution in [1.82, 2.24) is 19.4 Å². The van der Waals surface area contributed by atoms with Gasteiger partial charge in [-0.25, -0.2) is 14.5 Å². The second-order valence-electron chi connectivity index (χ2n) is 7.86. The van der Waals surface area contributed by atoms with Crippen LogP contribution in [0, 0.1) is 5.41 Å². The zero-order chi connectivity index (χ0) is 23.1. The van der Waals surface area contributed by atoms with Gasteiger partial charge in [0, 0.05) is 36.3 Å². The minimum Gasteiger partial charge on any atom is -0.356 e. The molecule has 0 unspecified atom stereocenters. The summed E-state index contributed by atoms with van der Waals surface area (Å²) >= 11 is 18.6. The van der Waals surface area contributed by atoms with Crippen LogP contribution in [0.15, 0.2) is 59.5 Å². The number of hydrogen-bond donors (Lipinski definition) is 1. The highest BCUT2D eigenvalue weighted by atomic mass is 35.5. The lowest BCUT2D eigenvalue weighted by Crippen LogP contribution is -2.23. The number of nitrogens with zero attached hydrogens (tertiary/aromatic N) is 4. The SMILES string of the molecule is N=C1CCCN1Cc1ccc(-c2nc3c(Cl)cc(Cl)cc3c(=O)n2-c2ccc(Cl)cn2)cc1. The van der Waals surface area contributed by atoms with E-state index in [2.05, 4.69) is 9.88 Å². The lowest BCUT2D eigenvalue weighted by Gasteiger charge is -2.18. The minimum atomic E-state index is -0.330. The lowest BCUT2D eigenvalue weighted by molar-refractivity contribution is 0.446. The fourth-order valence-electron chi connectivity index (χ4n) is 4.01. The van der Waals surface area contributed by atoms with Gasteiger partial charge in [-0.2, -0.15) is 0 Å². The van der Waals surface area contributed by atoms with Gasteiger partial charge in [0.15, 0.2) is 0 Å². The van der Waals surface area contributed by atoms with Crippen LogP contribution in [0.5, 0.6) is 0 Å². The Morgan fingerprint density at radius 3 is 2.45 bits per heavy atom. The second-order valence-corrected chi connectivity index (χ2v) is 9.14. The molecule has 9 heteroatoms. The third-order valence-electron chi connectivity index (χ3n) is 5.64. The van der Waals surface area contributed by atoms with E-state index in [0.717, 1.165) is 30.5 Å². The molecular weight excluding hydrogens is 481 g/mol. The molecule has 0 aliphatic carbocycles. The molecule has 6 nitrogen and oxygen atoms in total. The first-order chi connectivity index (χ1) is 15.9. The summed E-state index contributed by atoms with van der Waals surface area (Å²) in [4.78, 5) is 24.7. The third kappa shape index (κ3) is 4.22. The Morgan fingerprint density at radius 1 is 1.00 bits per heavy atom. The van der Waals surface area contributed by atoms with E-state index >= 15 is 0 Å². The summed E-state index contributed by atoms with van der Waals surface area (Å²) in [6.07, 6.45) is 3.32. The highest BCUT2D eigenvalue weighted by Crippen LogP contribution is 2.29. The van der Waals surface area contributed by atoms with Crippen molar-refractivity contribution in [3.8, 4) is 17.2 Å². The predicted octanol–water partition coefficient (Wildman–Crippen LogP) is 5.98. The number of amidine groups is 1. The molecule has 0 saturated carbocycles. The molecular formula is C24H18Cl3N5O. The number of halogens is 3. The molecule has 3 heterocycles. The van der Waals surface area contributed by atoms with Gasteiger partial charge in [-0.15, -0.1) is 0 Å². The van der Waals surface area contributed by atoms with E-state index in [1.807, 2.05) is 24.3 Å². The van der Waals surface area contributed by atoms with Gasteiger partial charge < -0.3 is 4.90 Å². The van der Waals surface area contributed by atoms with Crippen LogP contribution in [0.3, 0.4) is 0 Å². The van der Waals surface area contributed by atoms with Crippen molar-refractivity contribution < 1.29 is 0 Å². The van der Waals surface area contributed by atoms with Crippen LogP contribution in [0.4, 0.5) is 0 Å². The zero-order valence-corrected chi connectivity index (χ0v) is 19.6. The van der Waals surface area contributed by atoms with Gasteiger partial charge in [-0.3, -0.25) is 10.2 Å².